The third-order valence-electron chi connectivity index (χ3n) is 4.03. The first-order chi connectivity index (χ1) is 8.64. The predicted octanol–water partition coefficient (Wildman–Crippen LogP) is 2.68. The van der Waals surface area contributed by atoms with E-state index in [1.807, 2.05) is 0 Å². The lowest BCUT2D eigenvalue weighted by Crippen LogP contribution is -2.51. The zero-order valence-corrected chi connectivity index (χ0v) is 11.4. The van der Waals surface area contributed by atoms with Crippen LogP contribution in [-0.2, 0) is 9.31 Å². The molecule has 2 unspecified atom stereocenters. The van der Waals surface area contributed by atoms with Crippen molar-refractivity contribution in [1.29, 1.82) is 5.26 Å². The second kappa shape index (κ2) is 4.15. The van der Waals surface area contributed by atoms with Gasteiger partial charge in [0.05, 0.1) is 22.8 Å². The molecule has 3 nitrogen and oxygen atoms in total. The summed E-state index contributed by atoms with van der Waals surface area (Å²) in [5.41, 5.74) is -4.25. The van der Waals surface area contributed by atoms with E-state index >= 15 is 0 Å². The van der Waals surface area contributed by atoms with Gasteiger partial charge in [0.2, 0.25) is 5.57 Å². The molecule has 1 aliphatic heterocycles. The summed E-state index contributed by atoms with van der Waals surface area (Å²) in [5, 5.41) is 8.80. The average Bonchev–Trinajstić information content (AvgIpc) is 2.53. The normalized spacial score (nSPS) is 35.9. The molecule has 19 heavy (non-hydrogen) atoms. The van der Waals surface area contributed by atoms with Crippen molar-refractivity contribution in [3.05, 3.63) is 23.8 Å². The lowest BCUT2D eigenvalue weighted by atomic mass is 9.63. The summed E-state index contributed by atoms with van der Waals surface area (Å²) in [5.74, 6) is 0. The number of nitrogens with zero attached hydrogens (tertiary/aromatic N) is 1. The van der Waals surface area contributed by atoms with Gasteiger partial charge in [0.25, 0.3) is 0 Å². The smallest absolute Gasteiger partial charge is 0.401 e. The molecule has 0 saturated carbocycles. The Balaban J connectivity index is 2.32. The van der Waals surface area contributed by atoms with E-state index in [9.17, 15) is 8.78 Å². The average molecular weight is 267 g/mol. The van der Waals surface area contributed by atoms with E-state index in [0.29, 0.717) is 0 Å². The molecule has 2 rings (SSSR count). The van der Waals surface area contributed by atoms with Crippen molar-refractivity contribution in [2.45, 2.75) is 50.6 Å². The molecule has 2 atom stereocenters. The molecular formula is C13H16BF2NO2. The standard InChI is InChI=1S/C13H16BF2NO2/c1-11(2)12(3,4)19-14(18-11)13(16)7-5-6-9(8-17)10(13)15/h5-7,10H,1-4H3. The van der Waals surface area contributed by atoms with Crippen molar-refractivity contribution >= 4 is 7.12 Å². The van der Waals surface area contributed by atoms with Crippen molar-refractivity contribution < 1.29 is 18.1 Å². The minimum Gasteiger partial charge on any atom is -0.401 e. The number of rotatable bonds is 1. The predicted molar refractivity (Wildman–Crippen MR) is 67.7 cm³/mol. The Morgan fingerprint density at radius 2 is 1.79 bits per heavy atom. The van der Waals surface area contributed by atoms with Crippen molar-refractivity contribution in [3.63, 3.8) is 0 Å². The highest BCUT2D eigenvalue weighted by molar-refractivity contribution is 6.50. The topological polar surface area (TPSA) is 42.2 Å². The summed E-state index contributed by atoms with van der Waals surface area (Å²) in [6.45, 7) is 7.04. The summed E-state index contributed by atoms with van der Waals surface area (Å²) in [4.78, 5) is 0. The van der Waals surface area contributed by atoms with Crippen LogP contribution in [0.3, 0.4) is 0 Å². The molecule has 0 aromatic heterocycles. The molecule has 0 aromatic carbocycles. The van der Waals surface area contributed by atoms with Crippen LogP contribution in [0.4, 0.5) is 8.78 Å². The molecule has 1 heterocycles. The molecule has 6 heteroatoms. The Kier molecular flexibility index (Phi) is 3.11. The highest BCUT2D eigenvalue weighted by atomic mass is 19.2. The van der Waals surface area contributed by atoms with Crippen LogP contribution in [0, 0.1) is 11.3 Å². The van der Waals surface area contributed by atoms with Gasteiger partial charge >= 0.3 is 7.12 Å². The van der Waals surface area contributed by atoms with E-state index in [1.165, 1.54) is 12.2 Å². The number of alkyl halides is 2. The fourth-order valence-corrected chi connectivity index (χ4v) is 2.02. The Labute approximate surface area is 112 Å². The first-order valence-electron chi connectivity index (χ1n) is 6.12. The van der Waals surface area contributed by atoms with Gasteiger partial charge in [0, 0.05) is 0 Å². The van der Waals surface area contributed by atoms with Crippen LogP contribution in [0.1, 0.15) is 27.7 Å². The monoisotopic (exact) mass is 267 g/mol. The van der Waals surface area contributed by atoms with E-state index in [2.05, 4.69) is 0 Å². The molecule has 1 saturated heterocycles. The Morgan fingerprint density at radius 1 is 1.26 bits per heavy atom. The van der Waals surface area contributed by atoms with Crippen LogP contribution in [0.5, 0.6) is 0 Å². The number of nitriles is 1. The van der Waals surface area contributed by atoms with Gasteiger partial charge in [-0.3, -0.25) is 0 Å². The molecule has 0 N–H and O–H groups in total. The van der Waals surface area contributed by atoms with Crippen molar-refractivity contribution in [2.24, 2.45) is 0 Å². The minimum atomic E-state index is -2.48. The van der Waals surface area contributed by atoms with Gasteiger partial charge in [-0.1, -0.05) is 6.08 Å². The second-order valence-electron chi connectivity index (χ2n) is 5.87. The maximum absolute atomic E-state index is 14.9. The highest BCUT2D eigenvalue weighted by Crippen LogP contribution is 2.44. The van der Waals surface area contributed by atoms with Crippen LogP contribution in [0.25, 0.3) is 0 Å². The molecular weight excluding hydrogens is 251 g/mol. The molecule has 2 aliphatic rings. The minimum absolute atomic E-state index is 0.264. The number of halogens is 2. The van der Waals surface area contributed by atoms with Gasteiger partial charge in [-0.05, 0) is 39.8 Å². The van der Waals surface area contributed by atoms with Crippen molar-refractivity contribution in [3.8, 4) is 6.07 Å². The summed E-state index contributed by atoms with van der Waals surface area (Å²) >= 11 is 0. The largest absolute Gasteiger partial charge is 0.505 e. The summed E-state index contributed by atoms with van der Waals surface area (Å²) < 4.78 is 40.2. The van der Waals surface area contributed by atoms with Gasteiger partial charge in [-0.15, -0.1) is 0 Å². The van der Waals surface area contributed by atoms with Gasteiger partial charge in [0.1, 0.15) is 0 Å². The molecule has 1 fully saturated rings. The molecule has 0 radical (unpaired) electrons. The van der Waals surface area contributed by atoms with Crippen LogP contribution in [0.15, 0.2) is 23.8 Å². The Hall–Kier alpha value is -1.19. The van der Waals surface area contributed by atoms with E-state index in [1.54, 1.807) is 33.8 Å². The van der Waals surface area contributed by atoms with Crippen LogP contribution >= 0.6 is 0 Å². The van der Waals surface area contributed by atoms with Gasteiger partial charge < -0.3 is 9.31 Å². The van der Waals surface area contributed by atoms with E-state index in [4.69, 9.17) is 14.6 Å². The number of hydrogen-bond acceptors (Lipinski definition) is 3. The number of hydrogen-bond donors (Lipinski definition) is 0. The van der Waals surface area contributed by atoms with Crippen LogP contribution in [-0.4, -0.2) is 30.1 Å². The van der Waals surface area contributed by atoms with Crippen LogP contribution < -0.4 is 0 Å². The zero-order chi connectivity index (χ0) is 14.5. The molecule has 0 bridgehead atoms. The van der Waals surface area contributed by atoms with Gasteiger partial charge in [-0.25, -0.2) is 8.78 Å². The van der Waals surface area contributed by atoms with Crippen molar-refractivity contribution in [1.82, 2.24) is 0 Å². The summed E-state index contributed by atoms with van der Waals surface area (Å²) in [6.07, 6.45) is 1.55. The second-order valence-corrected chi connectivity index (χ2v) is 5.87. The maximum atomic E-state index is 14.9. The fraction of sp³-hybridized carbons (Fsp3) is 0.615. The van der Waals surface area contributed by atoms with E-state index in [0.717, 1.165) is 6.08 Å². The quantitative estimate of drug-likeness (QED) is 0.686. The Morgan fingerprint density at radius 3 is 2.26 bits per heavy atom. The summed E-state index contributed by atoms with van der Waals surface area (Å²) in [7, 11) is -1.37. The Bertz CT molecular complexity index is 479. The van der Waals surface area contributed by atoms with Crippen molar-refractivity contribution in [2.75, 3.05) is 0 Å². The number of allylic oxidation sites excluding steroid dienone is 4. The molecule has 0 aromatic rings. The first-order valence-corrected chi connectivity index (χ1v) is 6.12. The first kappa shape index (κ1) is 14.2. The third-order valence-corrected chi connectivity index (χ3v) is 4.03. The van der Waals surface area contributed by atoms with Gasteiger partial charge in [0.15, 0.2) is 6.17 Å². The lowest BCUT2D eigenvalue weighted by Gasteiger charge is -2.32. The molecule has 1 aliphatic carbocycles. The van der Waals surface area contributed by atoms with E-state index < -0.39 is 30.1 Å². The fourth-order valence-electron chi connectivity index (χ4n) is 2.02. The molecule has 0 amide bonds. The highest BCUT2D eigenvalue weighted by Gasteiger charge is 2.63. The third kappa shape index (κ3) is 2.01. The molecule has 0 spiro atoms. The molecule has 102 valence electrons. The van der Waals surface area contributed by atoms with E-state index in [-0.39, 0.29) is 5.57 Å². The summed E-state index contributed by atoms with van der Waals surface area (Å²) in [6, 6.07) is 1.66. The van der Waals surface area contributed by atoms with Crippen LogP contribution in [0.2, 0.25) is 0 Å². The zero-order valence-electron chi connectivity index (χ0n) is 11.4. The lowest BCUT2D eigenvalue weighted by molar-refractivity contribution is 0.00578. The van der Waals surface area contributed by atoms with Gasteiger partial charge in [-0.2, -0.15) is 5.26 Å². The maximum Gasteiger partial charge on any atom is 0.505 e. The SMILES string of the molecule is CC1(C)OB(C2(F)C=CC=C(C#N)C2F)OC1(C)C.